The summed E-state index contributed by atoms with van der Waals surface area (Å²) in [6, 6.07) is 9.93. The summed E-state index contributed by atoms with van der Waals surface area (Å²) in [6.07, 6.45) is 1.84. The second-order valence-corrected chi connectivity index (χ2v) is 11.2. The lowest BCUT2D eigenvalue weighted by molar-refractivity contribution is 0.281. The normalized spacial score (nSPS) is 18.8. The van der Waals surface area contributed by atoms with Gasteiger partial charge in [-0.3, -0.25) is 4.72 Å². The third-order valence-corrected chi connectivity index (χ3v) is 8.80. The molecular weight excluding hydrogens is 443 g/mol. The summed E-state index contributed by atoms with van der Waals surface area (Å²) in [6.45, 7) is 3.01. The molecule has 2 aromatic rings. The molecule has 1 saturated heterocycles. The van der Waals surface area contributed by atoms with Gasteiger partial charge in [0.15, 0.2) is 0 Å². The molecule has 10 heteroatoms. The number of piperidine rings is 1. The molecule has 0 saturated carbocycles. The highest BCUT2D eigenvalue weighted by Crippen LogP contribution is 2.30. The molecule has 1 N–H and O–H groups in total. The van der Waals surface area contributed by atoms with Gasteiger partial charge in [-0.1, -0.05) is 36.2 Å². The Bertz CT molecular complexity index is 1070. The van der Waals surface area contributed by atoms with Crippen molar-refractivity contribution in [2.75, 3.05) is 17.8 Å². The minimum atomic E-state index is -3.97. The lowest BCUT2D eigenvalue weighted by Gasteiger charge is -2.30. The fourth-order valence-electron chi connectivity index (χ4n) is 3.11. The van der Waals surface area contributed by atoms with Gasteiger partial charge in [-0.15, -0.1) is 0 Å². The highest BCUT2D eigenvalue weighted by Gasteiger charge is 2.28. The van der Waals surface area contributed by atoms with E-state index in [9.17, 15) is 16.8 Å². The number of nitrogens with one attached hydrogen (secondary N) is 1. The highest BCUT2D eigenvalue weighted by atomic mass is 35.5. The fourth-order valence-corrected chi connectivity index (χ4v) is 6.53. The van der Waals surface area contributed by atoms with Crippen molar-refractivity contribution < 1.29 is 16.8 Å². The molecule has 0 spiro atoms. The summed E-state index contributed by atoms with van der Waals surface area (Å²) in [7, 11) is -7.57. The highest BCUT2D eigenvalue weighted by molar-refractivity contribution is 7.92. The molecule has 1 aliphatic rings. The van der Waals surface area contributed by atoms with Gasteiger partial charge in [-0.05, 0) is 55.2 Å². The van der Waals surface area contributed by atoms with Gasteiger partial charge in [-0.2, -0.15) is 4.31 Å². The number of anilines is 1. The first-order valence-corrected chi connectivity index (χ1v) is 12.4. The van der Waals surface area contributed by atoms with Crippen LogP contribution in [0.2, 0.25) is 10.0 Å². The molecule has 1 heterocycles. The van der Waals surface area contributed by atoms with Crippen molar-refractivity contribution in [3.05, 3.63) is 52.5 Å². The van der Waals surface area contributed by atoms with Crippen LogP contribution in [0.5, 0.6) is 0 Å². The maximum absolute atomic E-state index is 12.8. The third kappa shape index (κ3) is 4.46. The Labute approximate surface area is 175 Å². The van der Waals surface area contributed by atoms with Crippen LogP contribution in [0.4, 0.5) is 5.69 Å². The van der Waals surface area contributed by atoms with Crippen LogP contribution in [0, 0.1) is 5.92 Å². The summed E-state index contributed by atoms with van der Waals surface area (Å²) in [4.78, 5) is -0.0222. The quantitative estimate of drug-likeness (QED) is 0.720. The number of benzene rings is 2. The maximum atomic E-state index is 12.8. The van der Waals surface area contributed by atoms with E-state index >= 15 is 0 Å². The summed E-state index contributed by atoms with van der Waals surface area (Å²) < 4.78 is 54.6. The van der Waals surface area contributed by atoms with E-state index in [0.29, 0.717) is 19.0 Å². The Balaban J connectivity index is 1.82. The van der Waals surface area contributed by atoms with Crippen LogP contribution >= 0.6 is 23.2 Å². The maximum Gasteiger partial charge on any atom is 0.263 e. The van der Waals surface area contributed by atoms with E-state index in [2.05, 4.69) is 4.72 Å². The Hall–Kier alpha value is -1.32. The van der Waals surface area contributed by atoms with Crippen LogP contribution in [-0.4, -0.2) is 34.2 Å². The molecule has 0 amide bonds. The summed E-state index contributed by atoms with van der Waals surface area (Å²) in [5.41, 5.74) is 0.224. The van der Waals surface area contributed by atoms with Crippen LogP contribution in [0.15, 0.2) is 52.3 Å². The molecule has 152 valence electrons. The molecule has 0 aromatic heterocycles. The van der Waals surface area contributed by atoms with Crippen LogP contribution < -0.4 is 4.72 Å². The largest absolute Gasteiger partial charge is 0.280 e. The fraction of sp³-hybridized carbons (Fsp3) is 0.333. The van der Waals surface area contributed by atoms with Gasteiger partial charge in [-0.25, -0.2) is 16.8 Å². The van der Waals surface area contributed by atoms with Gasteiger partial charge in [0.25, 0.3) is 10.0 Å². The molecule has 1 aliphatic heterocycles. The Morgan fingerprint density at radius 2 is 1.71 bits per heavy atom. The lowest BCUT2D eigenvalue weighted by Crippen LogP contribution is -2.39. The molecule has 2 aromatic carbocycles. The van der Waals surface area contributed by atoms with Gasteiger partial charge < -0.3 is 0 Å². The van der Waals surface area contributed by atoms with Crippen molar-refractivity contribution in [2.45, 2.75) is 29.6 Å². The van der Waals surface area contributed by atoms with Crippen molar-refractivity contribution in [1.29, 1.82) is 0 Å². The molecule has 28 heavy (non-hydrogen) atoms. The predicted octanol–water partition coefficient (Wildman–Crippen LogP) is 4.21. The van der Waals surface area contributed by atoms with E-state index in [0.717, 1.165) is 12.8 Å². The first-order chi connectivity index (χ1) is 13.1. The van der Waals surface area contributed by atoms with Gasteiger partial charge in [0.1, 0.15) is 4.90 Å². The molecule has 1 atom stereocenters. The first kappa shape index (κ1) is 21.4. The molecule has 1 unspecified atom stereocenters. The number of sulfonamides is 2. The van der Waals surface area contributed by atoms with E-state index in [4.69, 9.17) is 23.2 Å². The standard InChI is InChI=1S/C18H20Cl2N2O4S2/c1-13-4-3-11-22(12-13)28(25,26)15-9-7-14(8-10-15)21-27(23,24)17-6-2-5-16(19)18(17)20/h2,5-10,13,21H,3-4,11-12H2,1H3. The zero-order valence-electron chi connectivity index (χ0n) is 15.1. The van der Waals surface area contributed by atoms with E-state index in [-0.39, 0.29) is 25.5 Å². The lowest BCUT2D eigenvalue weighted by atomic mass is 10.0. The zero-order valence-corrected chi connectivity index (χ0v) is 18.2. The molecule has 6 nitrogen and oxygen atoms in total. The van der Waals surface area contributed by atoms with Crippen LogP contribution in [-0.2, 0) is 20.0 Å². The van der Waals surface area contributed by atoms with Crippen LogP contribution in [0.25, 0.3) is 0 Å². The number of hydrogen-bond acceptors (Lipinski definition) is 4. The Kier molecular flexibility index (Phi) is 6.26. The topological polar surface area (TPSA) is 83.6 Å². The summed E-state index contributed by atoms with van der Waals surface area (Å²) in [5.74, 6) is 0.317. The number of halogens is 2. The van der Waals surface area contributed by atoms with Crippen LogP contribution in [0.3, 0.4) is 0 Å². The molecule has 0 radical (unpaired) electrons. The van der Waals surface area contributed by atoms with Gasteiger partial charge >= 0.3 is 0 Å². The van der Waals surface area contributed by atoms with E-state index < -0.39 is 20.0 Å². The summed E-state index contributed by atoms with van der Waals surface area (Å²) >= 11 is 11.9. The van der Waals surface area contributed by atoms with Crippen molar-refractivity contribution in [1.82, 2.24) is 4.31 Å². The van der Waals surface area contributed by atoms with Crippen molar-refractivity contribution >= 4 is 48.9 Å². The van der Waals surface area contributed by atoms with Crippen molar-refractivity contribution in [2.24, 2.45) is 5.92 Å². The second-order valence-electron chi connectivity index (χ2n) is 6.79. The Morgan fingerprint density at radius 3 is 2.36 bits per heavy atom. The molecule has 0 bridgehead atoms. The SMILES string of the molecule is CC1CCCN(S(=O)(=O)c2ccc(NS(=O)(=O)c3cccc(Cl)c3Cl)cc2)C1. The third-order valence-electron chi connectivity index (χ3n) is 4.57. The second kappa shape index (κ2) is 8.20. The zero-order chi connectivity index (χ0) is 20.5. The van der Waals surface area contributed by atoms with Crippen LogP contribution in [0.1, 0.15) is 19.8 Å². The molecule has 1 fully saturated rings. The Morgan fingerprint density at radius 1 is 1.04 bits per heavy atom. The predicted molar refractivity (Wildman–Crippen MR) is 111 cm³/mol. The van der Waals surface area contributed by atoms with E-state index in [1.165, 1.54) is 46.8 Å². The van der Waals surface area contributed by atoms with Crippen molar-refractivity contribution in [3.8, 4) is 0 Å². The smallest absolute Gasteiger partial charge is 0.263 e. The molecular formula is C18H20Cl2N2O4S2. The number of hydrogen-bond donors (Lipinski definition) is 1. The van der Waals surface area contributed by atoms with E-state index in [1.807, 2.05) is 6.92 Å². The molecule has 0 aliphatic carbocycles. The average molecular weight is 463 g/mol. The van der Waals surface area contributed by atoms with Gasteiger partial charge in [0.2, 0.25) is 10.0 Å². The van der Waals surface area contributed by atoms with Gasteiger partial charge in [0.05, 0.1) is 14.9 Å². The van der Waals surface area contributed by atoms with Crippen molar-refractivity contribution in [3.63, 3.8) is 0 Å². The minimum Gasteiger partial charge on any atom is -0.280 e. The molecule has 3 rings (SSSR count). The monoisotopic (exact) mass is 462 g/mol. The van der Waals surface area contributed by atoms with Gasteiger partial charge in [0, 0.05) is 18.8 Å². The summed E-state index contributed by atoms with van der Waals surface area (Å²) in [5, 5.41) is 0.0526. The number of nitrogens with zero attached hydrogens (tertiary/aromatic N) is 1. The average Bonchev–Trinajstić information content (AvgIpc) is 2.64. The minimum absolute atomic E-state index is 0.0740. The number of rotatable bonds is 5. The first-order valence-electron chi connectivity index (χ1n) is 8.68. The van der Waals surface area contributed by atoms with E-state index in [1.54, 1.807) is 0 Å².